The molecule has 1 aromatic carbocycles. The lowest BCUT2D eigenvalue weighted by atomic mass is 10.1. The van der Waals surface area contributed by atoms with Gasteiger partial charge in [0, 0.05) is 49.0 Å². The summed E-state index contributed by atoms with van der Waals surface area (Å²) in [6, 6.07) is 13.3. The maximum atomic E-state index is 12.3. The molecule has 6 heteroatoms. The van der Waals surface area contributed by atoms with E-state index in [1.165, 1.54) is 0 Å². The molecule has 3 aromatic heterocycles. The van der Waals surface area contributed by atoms with Crippen molar-refractivity contribution in [2.24, 2.45) is 0 Å². The molecule has 0 fully saturated rings. The van der Waals surface area contributed by atoms with Crippen molar-refractivity contribution in [3.63, 3.8) is 0 Å². The van der Waals surface area contributed by atoms with E-state index in [0.717, 1.165) is 22.4 Å². The molecule has 4 rings (SSSR count). The first-order valence-corrected chi connectivity index (χ1v) is 8.09. The normalized spacial score (nSPS) is 10.9. The first-order valence-electron chi connectivity index (χ1n) is 8.09. The van der Waals surface area contributed by atoms with Gasteiger partial charge >= 0.3 is 0 Å². The highest BCUT2D eigenvalue weighted by atomic mass is 16.1. The summed E-state index contributed by atoms with van der Waals surface area (Å²) in [6.07, 6.45) is 7.24. The second kappa shape index (κ2) is 6.60. The van der Waals surface area contributed by atoms with Gasteiger partial charge in [-0.25, -0.2) is 4.98 Å². The zero-order valence-electron chi connectivity index (χ0n) is 13.5. The van der Waals surface area contributed by atoms with E-state index in [1.807, 2.05) is 59.4 Å². The fourth-order valence-corrected chi connectivity index (χ4v) is 2.80. The standard InChI is InChI=1S/C19H17N5O/c25-19(15-5-4-14-6-8-21-17(14)13-15)23-10-12-24-11-9-22-18(24)16-3-1-2-7-20-16/h1-9,11,13,21H,10,12H2,(H,23,25). The van der Waals surface area contributed by atoms with Gasteiger partial charge in [-0.3, -0.25) is 9.78 Å². The number of amides is 1. The van der Waals surface area contributed by atoms with Crippen LogP contribution < -0.4 is 5.32 Å². The van der Waals surface area contributed by atoms with Crippen LogP contribution in [0.4, 0.5) is 0 Å². The van der Waals surface area contributed by atoms with Crippen LogP contribution in [-0.2, 0) is 6.54 Å². The monoisotopic (exact) mass is 331 g/mol. The minimum Gasteiger partial charge on any atom is -0.361 e. The van der Waals surface area contributed by atoms with Gasteiger partial charge in [0.2, 0.25) is 0 Å². The van der Waals surface area contributed by atoms with E-state index in [9.17, 15) is 4.79 Å². The lowest BCUT2D eigenvalue weighted by Gasteiger charge is -2.09. The van der Waals surface area contributed by atoms with Crippen molar-refractivity contribution in [3.8, 4) is 11.5 Å². The van der Waals surface area contributed by atoms with Crippen molar-refractivity contribution < 1.29 is 4.79 Å². The van der Waals surface area contributed by atoms with Crippen LogP contribution in [0.2, 0.25) is 0 Å². The highest BCUT2D eigenvalue weighted by Crippen LogP contribution is 2.15. The Kier molecular flexibility index (Phi) is 4.00. The largest absolute Gasteiger partial charge is 0.361 e. The summed E-state index contributed by atoms with van der Waals surface area (Å²) < 4.78 is 1.98. The third kappa shape index (κ3) is 3.14. The molecule has 0 saturated heterocycles. The summed E-state index contributed by atoms with van der Waals surface area (Å²) in [5.74, 6) is 0.707. The molecule has 0 unspecified atom stereocenters. The molecule has 4 aromatic rings. The van der Waals surface area contributed by atoms with Gasteiger partial charge in [0.15, 0.2) is 5.82 Å². The minimum atomic E-state index is -0.0870. The van der Waals surface area contributed by atoms with Gasteiger partial charge < -0.3 is 14.9 Å². The molecule has 0 aliphatic heterocycles. The number of nitrogens with one attached hydrogen (secondary N) is 2. The fraction of sp³-hybridized carbons (Fsp3) is 0.105. The molecule has 0 radical (unpaired) electrons. The number of pyridine rings is 1. The third-order valence-corrected chi connectivity index (χ3v) is 4.06. The fourth-order valence-electron chi connectivity index (χ4n) is 2.80. The first kappa shape index (κ1) is 15.1. The lowest BCUT2D eigenvalue weighted by molar-refractivity contribution is 0.0952. The summed E-state index contributed by atoms with van der Waals surface area (Å²) in [7, 11) is 0. The average Bonchev–Trinajstić information content (AvgIpc) is 3.31. The molecular weight excluding hydrogens is 314 g/mol. The van der Waals surface area contributed by atoms with Crippen LogP contribution in [-0.4, -0.2) is 32.0 Å². The van der Waals surface area contributed by atoms with E-state index in [2.05, 4.69) is 20.3 Å². The van der Waals surface area contributed by atoms with E-state index >= 15 is 0 Å². The van der Waals surface area contributed by atoms with Crippen LogP contribution >= 0.6 is 0 Å². The van der Waals surface area contributed by atoms with Gasteiger partial charge in [-0.1, -0.05) is 12.1 Å². The maximum Gasteiger partial charge on any atom is 0.251 e. The molecule has 6 nitrogen and oxygen atoms in total. The molecule has 0 aliphatic rings. The van der Waals surface area contributed by atoms with Crippen molar-refractivity contribution in [1.29, 1.82) is 0 Å². The number of H-pyrrole nitrogens is 1. The van der Waals surface area contributed by atoms with Crippen molar-refractivity contribution in [3.05, 3.63) is 72.8 Å². The number of nitrogens with zero attached hydrogens (tertiary/aromatic N) is 3. The second-order valence-corrected chi connectivity index (χ2v) is 5.69. The van der Waals surface area contributed by atoms with Gasteiger partial charge in [-0.05, 0) is 35.7 Å². The maximum absolute atomic E-state index is 12.3. The minimum absolute atomic E-state index is 0.0870. The first-order chi connectivity index (χ1) is 12.3. The molecule has 2 N–H and O–H groups in total. The van der Waals surface area contributed by atoms with Crippen molar-refractivity contribution >= 4 is 16.8 Å². The molecule has 124 valence electrons. The van der Waals surface area contributed by atoms with E-state index in [1.54, 1.807) is 12.4 Å². The molecule has 25 heavy (non-hydrogen) atoms. The number of aromatic amines is 1. The smallest absolute Gasteiger partial charge is 0.251 e. The Labute approximate surface area is 144 Å². The summed E-state index contributed by atoms with van der Waals surface area (Å²) >= 11 is 0. The topological polar surface area (TPSA) is 75.6 Å². The molecular formula is C19H17N5O. The predicted molar refractivity (Wildman–Crippen MR) is 96.1 cm³/mol. The Morgan fingerprint density at radius 3 is 2.96 bits per heavy atom. The predicted octanol–water partition coefficient (Wildman–Crippen LogP) is 2.86. The molecule has 0 saturated carbocycles. The Hall–Kier alpha value is -3.41. The Balaban J connectivity index is 1.41. The Bertz CT molecular complexity index is 1000. The van der Waals surface area contributed by atoms with Gasteiger partial charge in [-0.15, -0.1) is 0 Å². The molecule has 3 heterocycles. The van der Waals surface area contributed by atoms with E-state index in [4.69, 9.17) is 0 Å². The summed E-state index contributed by atoms with van der Waals surface area (Å²) in [5, 5.41) is 4.04. The van der Waals surface area contributed by atoms with Gasteiger partial charge in [0.05, 0.1) is 0 Å². The number of hydrogen-bond acceptors (Lipinski definition) is 3. The average molecular weight is 331 g/mol. The van der Waals surface area contributed by atoms with Crippen LogP contribution in [0.1, 0.15) is 10.4 Å². The van der Waals surface area contributed by atoms with E-state index < -0.39 is 0 Å². The summed E-state index contributed by atoms with van der Waals surface area (Å²) in [6.45, 7) is 1.14. The molecule has 1 amide bonds. The van der Waals surface area contributed by atoms with Crippen molar-refractivity contribution in [1.82, 2.24) is 24.8 Å². The highest BCUT2D eigenvalue weighted by Gasteiger charge is 2.09. The summed E-state index contributed by atoms with van der Waals surface area (Å²) in [5.41, 5.74) is 2.42. The SMILES string of the molecule is O=C(NCCn1ccnc1-c1ccccn1)c1ccc2cc[nH]c2c1. The van der Waals surface area contributed by atoms with E-state index in [-0.39, 0.29) is 5.91 Å². The number of benzene rings is 1. The third-order valence-electron chi connectivity index (χ3n) is 4.06. The number of carbonyl (C=O) groups excluding carboxylic acids is 1. The summed E-state index contributed by atoms with van der Waals surface area (Å²) in [4.78, 5) is 24.1. The number of fused-ring (bicyclic) bond motifs is 1. The van der Waals surface area contributed by atoms with Gasteiger partial charge in [0.25, 0.3) is 5.91 Å². The van der Waals surface area contributed by atoms with Gasteiger partial charge in [-0.2, -0.15) is 0 Å². The van der Waals surface area contributed by atoms with E-state index in [0.29, 0.717) is 18.7 Å². The quantitative estimate of drug-likeness (QED) is 0.590. The number of rotatable bonds is 5. The Morgan fingerprint density at radius 1 is 1.12 bits per heavy atom. The number of imidazole rings is 1. The van der Waals surface area contributed by atoms with Crippen LogP contribution in [0.3, 0.4) is 0 Å². The molecule has 0 bridgehead atoms. The molecule has 0 spiro atoms. The number of hydrogen-bond donors (Lipinski definition) is 2. The zero-order chi connectivity index (χ0) is 17.1. The number of aromatic nitrogens is 4. The lowest BCUT2D eigenvalue weighted by Crippen LogP contribution is -2.27. The zero-order valence-corrected chi connectivity index (χ0v) is 13.5. The van der Waals surface area contributed by atoms with Crippen LogP contribution in [0.5, 0.6) is 0 Å². The molecule has 0 atom stereocenters. The highest BCUT2D eigenvalue weighted by molar-refractivity contribution is 5.97. The van der Waals surface area contributed by atoms with Crippen LogP contribution in [0.15, 0.2) is 67.3 Å². The molecule has 0 aliphatic carbocycles. The Morgan fingerprint density at radius 2 is 2.08 bits per heavy atom. The van der Waals surface area contributed by atoms with Crippen LogP contribution in [0.25, 0.3) is 22.4 Å². The van der Waals surface area contributed by atoms with Crippen molar-refractivity contribution in [2.45, 2.75) is 6.54 Å². The van der Waals surface area contributed by atoms with Crippen molar-refractivity contribution in [2.75, 3.05) is 6.54 Å². The number of carbonyl (C=O) groups is 1. The van der Waals surface area contributed by atoms with Gasteiger partial charge in [0.1, 0.15) is 5.69 Å². The van der Waals surface area contributed by atoms with Crippen LogP contribution in [0, 0.1) is 0 Å². The second-order valence-electron chi connectivity index (χ2n) is 5.69.